The first-order valence-electron chi connectivity index (χ1n) is 5.00. The normalized spacial score (nSPS) is 14.6. The molecule has 1 aliphatic heterocycles. The van der Waals surface area contributed by atoms with E-state index in [2.05, 4.69) is 0 Å². The van der Waals surface area contributed by atoms with Gasteiger partial charge in [-0.05, 0) is 25.0 Å². The maximum Gasteiger partial charge on any atom is 0.336 e. The van der Waals surface area contributed by atoms with Crippen LogP contribution in [0.1, 0.15) is 11.1 Å². The maximum absolute atomic E-state index is 11.7. The van der Waals surface area contributed by atoms with Gasteiger partial charge in [0.15, 0.2) is 0 Å². The zero-order valence-corrected chi connectivity index (χ0v) is 10.7. The molecule has 0 aliphatic carbocycles. The van der Waals surface area contributed by atoms with E-state index in [-0.39, 0.29) is 0 Å². The van der Waals surface area contributed by atoms with E-state index in [1.807, 2.05) is 19.1 Å². The van der Waals surface area contributed by atoms with Crippen molar-refractivity contribution < 1.29 is 13.2 Å². The molecule has 1 aliphatic rings. The van der Waals surface area contributed by atoms with Crippen LogP contribution < -0.4 is 9.62 Å². The molecular weight excluding hydrogens is 264 g/mol. The molecule has 1 aromatic carbocycles. The molecular formula is C10H11ClN2O3S. The number of anilines is 1. The van der Waals surface area contributed by atoms with E-state index in [1.165, 1.54) is 4.90 Å². The number of hydrogen-bond donors (Lipinski definition) is 1. The average Bonchev–Trinajstić information content (AvgIpc) is 2.57. The first kappa shape index (κ1) is 12.2. The number of carbonyl (C=O) groups excluding carboxylic acids is 1. The molecule has 0 aromatic heterocycles. The van der Waals surface area contributed by atoms with Crippen LogP contribution in [0, 0.1) is 6.92 Å². The minimum atomic E-state index is -4.04. The molecule has 0 fully saturated rings. The van der Waals surface area contributed by atoms with Crippen molar-refractivity contribution in [3.8, 4) is 0 Å². The van der Waals surface area contributed by atoms with Crippen molar-refractivity contribution in [2.24, 2.45) is 0 Å². The van der Waals surface area contributed by atoms with Crippen LogP contribution in [-0.2, 0) is 15.7 Å². The lowest BCUT2D eigenvalue weighted by Crippen LogP contribution is -2.40. The average molecular weight is 275 g/mol. The van der Waals surface area contributed by atoms with Gasteiger partial charge in [-0.1, -0.05) is 17.7 Å². The van der Waals surface area contributed by atoms with E-state index in [1.54, 1.807) is 10.8 Å². The predicted molar refractivity (Wildman–Crippen MR) is 65.5 cm³/mol. The molecule has 92 valence electrons. The molecule has 0 saturated heterocycles. The molecule has 0 bridgehead atoms. The van der Waals surface area contributed by atoms with Crippen molar-refractivity contribution in [1.29, 1.82) is 0 Å². The number of carbonyl (C=O) groups is 1. The summed E-state index contributed by atoms with van der Waals surface area (Å²) in [6.45, 7) is 2.42. The van der Waals surface area contributed by atoms with Crippen molar-refractivity contribution in [2.45, 2.75) is 13.3 Å². The van der Waals surface area contributed by atoms with Gasteiger partial charge in [0, 0.05) is 22.9 Å². The van der Waals surface area contributed by atoms with Crippen LogP contribution in [0.3, 0.4) is 0 Å². The van der Waals surface area contributed by atoms with Gasteiger partial charge in [0.25, 0.3) is 0 Å². The largest absolute Gasteiger partial charge is 0.336 e. The highest BCUT2D eigenvalue weighted by molar-refractivity contribution is 8.12. The van der Waals surface area contributed by atoms with Crippen molar-refractivity contribution in [1.82, 2.24) is 4.72 Å². The summed E-state index contributed by atoms with van der Waals surface area (Å²) >= 11 is 0. The van der Waals surface area contributed by atoms with Crippen LogP contribution in [0.15, 0.2) is 18.2 Å². The first-order chi connectivity index (χ1) is 7.87. The molecule has 0 atom stereocenters. The first-order valence-corrected chi connectivity index (χ1v) is 7.31. The van der Waals surface area contributed by atoms with E-state index in [9.17, 15) is 13.2 Å². The summed E-state index contributed by atoms with van der Waals surface area (Å²) in [6, 6.07) is 4.94. The van der Waals surface area contributed by atoms with Gasteiger partial charge in [0.2, 0.25) is 0 Å². The highest BCUT2D eigenvalue weighted by Gasteiger charge is 2.26. The number of halogens is 1. The van der Waals surface area contributed by atoms with Crippen molar-refractivity contribution >= 4 is 31.6 Å². The quantitative estimate of drug-likeness (QED) is 0.790. The third-order valence-electron chi connectivity index (χ3n) is 2.58. The zero-order chi connectivity index (χ0) is 12.6. The fourth-order valence-electron chi connectivity index (χ4n) is 1.90. The Balaban J connectivity index is 2.25. The van der Waals surface area contributed by atoms with Gasteiger partial charge < -0.3 is 0 Å². The van der Waals surface area contributed by atoms with Crippen molar-refractivity contribution in [3.05, 3.63) is 29.3 Å². The number of nitrogens with one attached hydrogen (secondary N) is 1. The van der Waals surface area contributed by atoms with E-state index >= 15 is 0 Å². The number of benzene rings is 1. The summed E-state index contributed by atoms with van der Waals surface area (Å²) in [5.74, 6) is 0. The molecule has 1 N–H and O–H groups in total. The summed E-state index contributed by atoms with van der Waals surface area (Å²) < 4.78 is 23.3. The van der Waals surface area contributed by atoms with E-state index in [4.69, 9.17) is 10.7 Å². The van der Waals surface area contributed by atoms with E-state index in [0.29, 0.717) is 13.0 Å². The van der Waals surface area contributed by atoms with Gasteiger partial charge in [0.1, 0.15) is 0 Å². The summed E-state index contributed by atoms with van der Waals surface area (Å²) in [6.07, 6.45) is 0.715. The molecule has 2 amide bonds. The fraction of sp³-hybridized carbons (Fsp3) is 0.300. The second kappa shape index (κ2) is 4.19. The lowest BCUT2D eigenvalue weighted by molar-refractivity contribution is 0.251. The van der Waals surface area contributed by atoms with Gasteiger partial charge >= 0.3 is 15.3 Å². The van der Waals surface area contributed by atoms with Crippen LogP contribution in [0.2, 0.25) is 0 Å². The molecule has 7 heteroatoms. The standard InChI is InChI=1S/C10H11ClN2O3S/c1-7-2-3-9-8(6-7)4-5-13(9)10(14)12-17(11,15)16/h2-3,6H,4-5H2,1H3,(H,12,14). The Morgan fingerprint density at radius 3 is 2.82 bits per heavy atom. The van der Waals surface area contributed by atoms with Crippen molar-refractivity contribution in [2.75, 3.05) is 11.4 Å². The molecule has 5 nitrogen and oxygen atoms in total. The Hall–Kier alpha value is -1.27. The van der Waals surface area contributed by atoms with Crippen LogP contribution in [0.4, 0.5) is 10.5 Å². The highest BCUT2D eigenvalue weighted by Crippen LogP contribution is 2.28. The van der Waals surface area contributed by atoms with Gasteiger partial charge in [0.05, 0.1) is 0 Å². The number of aryl methyl sites for hydroxylation is 1. The Morgan fingerprint density at radius 1 is 1.47 bits per heavy atom. The summed E-state index contributed by atoms with van der Waals surface area (Å²) in [4.78, 5) is 13.0. The smallest absolute Gasteiger partial charge is 0.293 e. The lowest BCUT2D eigenvalue weighted by Gasteiger charge is -2.16. The molecule has 2 rings (SSSR count). The Morgan fingerprint density at radius 2 is 2.18 bits per heavy atom. The summed E-state index contributed by atoms with van der Waals surface area (Å²) in [5, 5.41) is 0. The van der Waals surface area contributed by atoms with Crippen LogP contribution in [-0.4, -0.2) is 21.0 Å². The minimum Gasteiger partial charge on any atom is -0.293 e. The summed E-state index contributed by atoms with van der Waals surface area (Å²) in [7, 11) is 0.932. The second-order valence-electron chi connectivity index (χ2n) is 3.88. The van der Waals surface area contributed by atoms with Crippen LogP contribution in [0.25, 0.3) is 0 Å². The zero-order valence-electron chi connectivity index (χ0n) is 9.10. The molecule has 1 heterocycles. The predicted octanol–water partition coefficient (Wildman–Crippen LogP) is 1.55. The minimum absolute atomic E-state index is 0.455. The van der Waals surface area contributed by atoms with E-state index < -0.39 is 15.3 Å². The van der Waals surface area contributed by atoms with Crippen LogP contribution in [0.5, 0.6) is 0 Å². The molecule has 0 radical (unpaired) electrons. The topological polar surface area (TPSA) is 66.5 Å². The third-order valence-corrected chi connectivity index (χ3v) is 3.23. The number of urea groups is 1. The lowest BCUT2D eigenvalue weighted by atomic mass is 10.1. The van der Waals surface area contributed by atoms with Gasteiger partial charge in [-0.3, -0.25) is 4.90 Å². The molecule has 1 aromatic rings. The molecule has 0 spiro atoms. The molecule has 0 unspecified atom stereocenters. The number of rotatable bonds is 1. The number of hydrogen-bond acceptors (Lipinski definition) is 3. The monoisotopic (exact) mass is 274 g/mol. The van der Waals surface area contributed by atoms with E-state index in [0.717, 1.165) is 16.8 Å². The Kier molecular flexibility index (Phi) is 3.01. The number of fused-ring (bicyclic) bond motifs is 1. The van der Waals surface area contributed by atoms with Crippen LogP contribution >= 0.6 is 10.7 Å². The molecule has 17 heavy (non-hydrogen) atoms. The fourth-order valence-corrected chi connectivity index (χ4v) is 2.42. The Labute approximate surface area is 104 Å². The van der Waals surface area contributed by atoms with Crippen molar-refractivity contribution in [3.63, 3.8) is 0 Å². The summed E-state index contributed by atoms with van der Waals surface area (Å²) in [5.41, 5.74) is 2.87. The number of nitrogens with zero attached hydrogens (tertiary/aromatic N) is 1. The van der Waals surface area contributed by atoms with Gasteiger partial charge in [-0.2, -0.15) is 8.42 Å². The third kappa shape index (κ3) is 2.70. The van der Waals surface area contributed by atoms with Gasteiger partial charge in [-0.15, -0.1) is 0 Å². The maximum atomic E-state index is 11.7. The Bertz CT molecular complexity index is 571. The molecule has 0 saturated carbocycles. The number of amides is 2. The SMILES string of the molecule is Cc1ccc2c(c1)CCN2C(=O)NS(=O)(=O)Cl. The highest BCUT2D eigenvalue weighted by atomic mass is 35.7. The second-order valence-corrected chi connectivity index (χ2v) is 6.18. The van der Waals surface area contributed by atoms with Gasteiger partial charge in [-0.25, -0.2) is 9.52 Å².